The summed E-state index contributed by atoms with van der Waals surface area (Å²) in [7, 11) is 0. The lowest BCUT2D eigenvalue weighted by molar-refractivity contribution is -0.161. The van der Waals surface area contributed by atoms with E-state index in [0.29, 0.717) is 18.3 Å². The highest BCUT2D eigenvalue weighted by molar-refractivity contribution is 5.77. The fraction of sp³-hybridized carbons (Fsp3) is 0.833. The molecule has 0 aromatic carbocycles. The van der Waals surface area contributed by atoms with Gasteiger partial charge in [0, 0.05) is 18.3 Å². The summed E-state index contributed by atoms with van der Waals surface area (Å²) in [6.45, 7) is 1.95. The first kappa shape index (κ1) is 10.1. The molecule has 1 aliphatic heterocycles. The Labute approximate surface area is 94.3 Å². The third kappa shape index (κ3) is 1.28. The Hall–Kier alpha value is -1.06. The van der Waals surface area contributed by atoms with E-state index in [1.54, 1.807) is 0 Å². The van der Waals surface area contributed by atoms with Crippen molar-refractivity contribution in [3.05, 3.63) is 0 Å². The summed E-state index contributed by atoms with van der Waals surface area (Å²) >= 11 is 0. The van der Waals surface area contributed by atoms with E-state index in [-0.39, 0.29) is 30.1 Å². The van der Waals surface area contributed by atoms with Crippen LogP contribution in [0.25, 0.3) is 0 Å². The Kier molecular flexibility index (Phi) is 2.19. The van der Waals surface area contributed by atoms with Gasteiger partial charge in [-0.2, -0.15) is 0 Å². The van der Waals surface area contributed by atoms with Crippen LogP contribution in [-0.2, 0) is 19.1 Å². The normalized spacial score (nSPS) is 43.6. The minimum Gasteiger partial charge on any atom is -0.458 e. The van der Waals surface area contributed by atoms with Gasteiger partial charge < -0.3 is 9.47 Å². The average Bonchev–Trinajstić information content (AvgIpc) is 2.82. The van der Waals surface area contributed by atoms with Gasteiger partial charge in [-0.1, -0.05) is 6.92 Å². The number of hydrogen-bond acceptors (Lipinski definition) is 4. The number of carbonyl (C=O) groups is 2. The van der Waals surface area contributed by atoms with Crippen molar-refractivity contribution in [2.45, 2.75) is 44.8 Å². The average molecular weight is 224 g/mol. The van der Waals surface area contributed by atoms with Crippen LogP contribution >= 0.6 is 0 Å². The number of fused-ring (bicyclic) bond motifs is 1. The van der Waals surface area contributed by atoms with Crippen molar-refractivity contribution >= 4 is 11.9 Å². The zero-order chi connectivity index (χ0) is 11.3. The summed E-state index contributed by atoms with van der Waals surface area (Å²) in [4.78, 5) is 23.0. The van der Waals surface area contributed by atoms with Crippen LogP contribution in [0, 0.1) is 17.8 Å². The summed E-state index contributed by atoms with van der Waals surface area (Å²) < 4.78 is 10.8. The van der Waals surface area contributed by atoms with Crippen molar-refractivity contribution in [1.29, 1.82) is 0 Å². The first-order valence-corrected chi connectivity index (χ1v) is 6.10. The highest BCUT2D eigenvalue weighted by Gasteiger charge is 2.63. The van der Waals surface area contributed by atoms with Gasteiger partial charge in [0.25, 0.3) is 0 Å². The van der Waals surface area contributed by atoms with E-state index in [2.05, 4.69) is 0 Å². The molecular formula is C12H16O4. The van der Waals surface area contributed by atoms with Crippen LogP contribution in [0.3, 0.4) is 0 Å². The molecule has 0 radical (unpaired) electrons. The van der Waals surface area contributed by atoms with Gasteiger partial charge in [0.2, 0.25) is 0 Å². The highest BCUT2D eigenvalue weighted by Crippen LogP contribution is 2.55. The molecule has 5 unspecified atom stereocenters. The number of hydrogen-bond donors (Lipinski definition) is 0. The van der Waals surface area contributed by atoms with Crippen molar-refractivity contribution in [3.63, 3.8) is 0 Å². The van der Waals surface area contributed by atoms with Crippen LogP contribution in [0.5, 0.6) is 0 Å². The van der Waals surface area contributed by atoms with Crippen LogP contribution in [0.1, 0.15) is 32.6 Å². The lowest BCUT2D eigenvalue weighted by Crippen LogP contribution is -2.35. The Morgan fingerprint density at radius 1 is 1.50 bits per heavy atom. The number of ether oxygens (including phenoxy) is 2. The maximum Gasteiger partial charge on any atom is 0.309 e. The second-order valence-electron chi connectivity index (χ2n) is 5.11. The highest BCUT2D eigenvalue weighted by atomic mass is 16.6. The smallest absolute Gasteiger partial charge is 0.309 e. The summed E-state index contributed by atoms with van der Waals surface area (Å²) in [5.41, 5.74) is 0. The molecule has 0 aromatic rings. The Morgan fingerprint density at radius 3 is 3.06 bits per heavy atom. The molecule has 88 valence electrons. The van der Waals surface area contributed by atoms with Gasteiger partial charge in [-0.25, -0.2) is 0 Å². The fourth-order valence-corrected chi connectivity index (χ4v) is 3.48. The molecule has 0 N–H and O–H groups in total. The van der Waals surface area contributed by atoms with Gasteiger partial charge in [-0.15, -0.1) is 0 Å². The SMILES string of the molecule is CCCC(=O)OC1C2CC3C(=O)OC1C3C2. The Morgan fingerprint density at radius 2 is 2.31 bits per heavy atom. The Balaban J connectivity index is 1.70. The van der Waals surface area contributed by atoms with Gasteiger partial charge in [0.05, 0.1) is 5.92 Å². The molecular weight excluding hydrogens is 208 g/mol. The number of carbonyl (C=O) groups excluding carboxylic acids is 2. The number of esters is 2. The van der Waals surface area contributed by atoms with E-state index in [1.165, 1.54) is 0 Å². The largest absolute Gasteiger partial charge is 0.458 e. The van der Waals surface area contributed by atoms with E-state index >= 15 is 0 Å². The maximum absolute atomic E-state index is 11.5. The second kappa shape index (κ2) is 3.47. The van der Waals surface area contributed by atoms with E-state index < -0.39 is 0 Å². The van der Waals surface area contributed by atoms with Gasteiger partial charge in [-0.05, 0) is 19.3 Å². The Bertz CT molecular complexity index is 338. The third-order valence-corrected chi connectivity index (χ3v) is 4.14. The molecule has 2 saturated carbocycles. The molecule has 5 atom stereocenters. The first-order valence-electron chi connectivity index (χ1n) is 6.10. The van der Waals surface area contributed by atoms with Gasteiger partial charge in [0.15, 0.2) is 0 Å². The molecule has 4 heteroatoms. The standard InChI is InChI=1S/C12H16O4/c1-2-3-9(13)15-10-6-4-7-8(5-6)12(14)16-11(7)10/h6-8,10-11H,2-5H2,1H3. The zero-order valence-corrected chi connectivity index (χ0v) is 9.35. The van der Waals surface area contributed by atoms with Crippen molar-refractivity contribution in [3.8, 4) is 0 Å². The molecule has 2 bridgehead atoms. The van der Waals surface area contributed by atoms with E-state index in [1.807, 2.05) is 6.92 Å². The molecule has 16 heavy (non-hydrogen) atoms. The molecule has 2 aliphatic carbocycles. The third-order valence-electron chi connectivity index (χ3n) is 4.14. The molecule has 0 amide bonds. The topological polar surface area (TPSA) is 52.6 Å². The summed E-state index contributed by atoms with van der Waals surface area (Å²) in [5, 5.41) is 0. The van der Waals surface area contributed by atoms with Crippen LogP contribution in [0.4, 0.5) is 0 Å². The van der Waals surface area contributed by atoms with Crippen molar-refractivity contribution < 1.29 is 19.1 Å². The van der Waals surface area contributed by atoms with Crippen LogP contribution in [-0.4, -0.2) is 24.1 Å². The molecule has 0 aromatic heterocycles. The van der Waals surface area contributed by atoms with E-state index in [0.717, 1.165) is 19.3 Å². The summed E-state index contributed by atoms with van der Waals surface area (Å²) in [5.74, 6) is 0.534. The van der Waals surface area contributed by atoms with E-state index in [9.17, 15) is 9.59 Å². The quantitative estimate of drug-likeness (QED) is 0.678. The predicted octanol–water partition coefficient (Wildman–Crippen LogP) is 1.28. The minimum absolute atomic E-state index is 0.0773. The fourth-order valence-electron chi connectivity index (χ4n) is 3.48. The minimum atomic E-state index is -0.160. The molecule has 3 fully saturated rings. The van der Waals surface area contributed by atoms with Crippen LogP contribution in [0.2, 0.25) is 0 Å². The van der Waals surface area contributed by atoms with Gasteiger partial charge in [0.1, 0.15) is 12.2 Å². The summed E-state index contributed by atoms with van der Waals surface area (Å²) in [6.07, 6.45) is 2.80. The molecule has 3 aliphatic rings. The first-order chi connectivity index (χ1) is 7.70. The van der Waals surface area contributed by atoms with Gasteiger partial charge in [-0.3, -0.25) is 9.59 Å². The second-order valence-corrected chi connectivity index (χ2v) is 5.11. The van der Waals surface area contributed by atoms with E-state index in [4.69, 9.17) is 9.47 Å². The maximum atomic E-state index is 11.5. The van der Waals surface area contributed by atoms with Crippen molar-refractivity contribution in [2.75, 3.05) is 0 Å². The molecule has 3 rings (SSSR count). The lowest BCUT2D eigenvalue weighted by atomic mass is 9.88. The summed E-state index contributed by atoms with van der Waals surface area (Å²) in [6, 6.07) is 0. The van der Waals surface area contributed by atoms with Crippen molar-refractivity contribution in [2.24, 2.45) is 17.8 Å². The number of rotatable bonds is 3. The van der Waals surface area contributed by atoms with Gasteiger partial charge >= 0.3 is 11.9 Å². The molecule has 4 nitrogen and oxygen atoms in total. The molecule has 1 heterocycles. The monoisotopic (exact) mass is 224 g/mol. The zero-order valence-electron chi connectivity index (χ0n) is 9.35. The molecule has 0 spiro atoms. The van der Waals surface area contributed by atoms with Crippen LogP contribution in [0.15, 0.2) is 0 Å². The van der Waals surface area contributed by atoms with Crippen molar-refractivity contribution in [1.82, 2.24) is 0 Å². The molecule has 1 saturated heterocycles. The lowest BCUT2D eigenvalue weighted by Gasteiger charge is -2.25. The van der Waals surface area contributed by atoms with Crippen LogP contribution < -0.4 is 0 Å². The predicted molar refractivity (Wildman–Crippen MR) is 54.4 cm³/mol.